The summed E-state index contributed by atoms with van der Waals surface area (Å²) in [6, 6.07) is 3.91. The molecule has 1 unspecified atom stereocenters. The molecule has 4 rings (SSSR count). The molecule has 0 spiro atoms. The summed E-state index contributed by atoms with van der Waals surface area (Å²) in [5, 5.41) is 15.5. The highest BCUT2D eigenvalue weighted by Crippen LogP contribution is 2.38. The van der Waals surface area contributed by atoms with Gasteiger partial charge in [0.25, 0.3) is 0 Å². The number of Topliss-reactive ketones (excluding diaryl/α,β-unsaturated/α-hetero) is 1. The van der Waals surface area contributed by atoms with Crippen LogP contribution >= 0.6 is 0 Å². The van der Waals surface area contributed by atoms with Gasteiger partial charge >= 0.3 is 0 Å². The number of ether oxygens (including phenoxy) is 3. The van der Waals surface area contributed by atoms with Crippen molar-refractivity contribution in [3.8, 4) is 5.75 Å². The molecule has 1 aromatic rings. The summed E-state index contributed by atoms with van der Waals surface area (Å²) in [5.74, 6) is 2.30. The molecule has 0 aromatic heterocycles. The molecule has 1 atom stereocenters. The van der Waals surface area contributed by atoms with E-state index in [4.69, 9.17) is 29.7 Å². The number of ketones is 1. The Morgan fingerprint density at radius 2 is 1.81 bits per heavy atom. The Labute approximate surface area is 251 Å². The zero-order valence-corrected chi connectivity index (χ0v) is 26.9. The van der Waals surface area contributed by atoms with Gasteiger partial charge in [-0.2, -0.15) is 5.01 Å². The van der Waals surface area contributed by atoms with E-state index in [1.54, 1.807) is 12.1 Å². The van der Waals surface area contributed by atoms with Crippen molar-refractivity contribution in [3.63, 3.8) is 0 Å². The van der Waals surface area contributed by atoms with Gasteiger partial charge in [0.1, 0.15) is 11.6 Å². The molecule has 1 fully saturated rings. The highest BCUT2D eigenvalue weighted by molar-refractivity contribution is 6.18. The molecular formula is C34H48N4O4. The number of carbonyl (C=O) groups is 1. The number of amidine groups is 2. The summed E-state index contributed by atoms with van der Waals surface area (Å²) in [6.45, 7) is 19.1. The average Bonchev–Trinajstić information content (AvgIpc) is 2.93. The van der Waals surface area contributed by atoms with Crippen LogP contribution in [0.15, 0.2) is 38.9 Å². The number of hydrazone groups is 1. The van der Waals surface area contributed by atoms with Crippen molar-refractivity contribution >= 4 is 29.4 Å². The summed E-state index contributed by atoms with van der Waals surface area (Å²) in [7, 11) is 1.69. The number of methoxy groups -OCH3 is 1. The van der Waals surface area contributed by atoms with E-state index in [0.717, 1.165) is 40.9 Å². The second kappa shape index (κ2) is 12.9. The van der Waals surface area contributed by atoms with Crippen LogP contribution in [0.1, 0.15) is 96.1 Å². The predicted molar refractivity (Wildman–Crippen MR) is 170 cm³/mol. The zero-order chi connectivity index (χ0) is 30.8. The number of nitrogens with zero attached hydrogens (tertiary/aromatic N) is 3. The monoisotopic (exact) mass is 576 g/mol. The fourth-order valence-electron chi connectivity index (χ4n) is 5.89. The lowest BCUT2D eigenvalue weighted by Crippen LogP contribution is -2.47. The molecule has 3 aliphatic rings. The lowest BCUT2D eigenvalue weighted by molar-refractivity contribution is 0.0970. The molecule has 1 saturated heterocycles. The van der Waals surface area contributed by atoms with Crippen LogP contribution in [0.25, 0.3) is 6.08 Å². The van der Waals surface area contributed by atoms with Crippen LogP contribution in [0.5, 0.6) is 5.75 Å². The Balaban J connectivity index is 1.69. The van der Waals surface area contributed by atoms with E-state index in [9.17, 15) is 4.79 Å². The first-order valence-corrected chi connectivity index (χ1v) is 15.3. The summed E-state index contributed by atoms with van der Waals surface area (Å²) >= 11 is 0. The molecule has 0 aliphatic carbocycles. The highest BCUT2D eigenvalue weighted by atomic mass is 16.5. The van der Waals surface area contributed by atoms with Gasteiger partial charge < -0.3 is 14.2 Å². The normalized spacial score (nSPS) is 19.6. The third-order valence-corrected chi connectivity index (χ3v) is 8.04. The van der Waals surface area contributed by atoms with E-state index < -0.39 is 0 Å². The van der Waals surface area contributed by atoms with Gasteiger partial charge in [-0.15, -0.1) is 5.10 Å². The fourth-order valence-corrected chi connectivity index (χ4v) is 5.89. The topological polar surface area (TPSA) is 96.6 Å². The highest BCUT2D eigenvalue weighted by Gasteiger charge is 2.39. The van der Waals surface area contributed by atoms with E-state index in [0.29, 0.717) is 43.7 Å². The minimum atomic E-state index is -0.389. The lowest BCUT2D eigenvalue weighted by Gasteiger charge is -2.37. The Hall–Kier alpha value is -3.26. The first-order valence-electron chi connectivity index (χ1n) is 15.3. The Bertz CT molecular complexity index is 1340. The number of rotatable bonds is 8. The molecular weight excluding hydrogens is 528 g/mol. The first-order chi connectivity index (χ1) is 19.9. The Kier molecular flexibility index (Phi) is 9.76. The minimum absolute atomic E-state index is 0.0169. The quantitative estimate of drug-likeness (QED) is 0.335. The number of benzene rings is 1. The van der Waals surface area contributed by atoms with Gasteiger partial charge in [-0.05, 0) is 49.1 Å². The van der Waals surface area contributed by atoms with Crippen LogP contribution in [-0.4, -0.2) is 61.8 Å². The molecule has 228 valence electrons. The maximum absolute atomic E-state index is 13.9. The van der Waals surface area contributed by atoms with Crippen molar-refractivity contribution in [2.45, 2.75) is 80.1 Å². The van der Waals surface area contributed by atoms with Crippen LogP contribution in [0, 0.1) is 23.2 Å². The summed E-state index contributed by atoms with van der Waals surface area (Å²) < 4.78 is 17.4. The van der Waals surface area contributed by atoms with E-state index in [1.165, 1.54) is 5.57 Å². The van der Waals surface area contributed by atoms with Gasteiger partial charge in [-0.3, -0.25) is 15.2 Å². The van der Waals surface area contributed by atoms with Crippen molar-refractivity contribution < 1.29 is 19.0 Å². The van der Waals surface area contributed by atoms with Gasteiger partial charge in [-0.25, -0.2) is 0 Å². The van der Waals surface area contributed by atoms with Gasteiger partial charge in [0.2, 0.25) is 5.90 Å². The van der Waals surface area contributed by atoms with Gasteiger partial charge in [-0.1, -0.05) is 60.1 Å². The van der Waals surface area contributed by atoms with Crippen molar-refractivity contribution in [2.24, 2.45) is 27.8 Å². The number of hydrogen-bond donors (Lipinski definition) is 1. The molecule has 8 nitrogen and oxygen atoms in total. The standard InChI is InChI=1S/C34H48N4O4/c1-10-42-33-29(21(4)5)28(20(2)3)32-36-19-25(31(35)38(32)37-33)18-27(39)23-16-24(15-22-11-13-41-14-12-22)30(40-9)26(17-23)34(6,7)8/h15-17,20-21,25,35H,10-14,18-19H2,1-9H3. The predicted octanol–water partition coefficient (Wildman–Crippen LogP) is 7.04. The number of carbonyl (C=O) groups excluding carboxylic acids is 1. The zero-order valence-electron chi connectivity index (χ0n) is 26.9. The number of hydrogen-bond acceptors (Lipinski definition) is 7. The number of nitrogens with one attached hydrogen (secondary N) is 1. The largest absolute Gasteiger partial charge is 0.496 e. The van der Waals surface area contributed by atoms with Crippen LogP contribution in [0.2, 0.25) is 0 Å². The maximum Gasteiger partial charge on any atom is 0.235 e. The van der Waals surface area contributed by atoms with Crippen molar-refractivity contribution in [1.82, 2.24) is 5.01 Å². The summed E-state index contributed by atoms with van der Waals surface area (Å²) in [5.41, 5.74) is 5.71. The SMILES string of the molecule is CCOC1=NN2C(=N)C(CC(=O)c3cc(C=C4CCOCC4)c(OC)c(C(C)(C)C)c3)CN=C2C(C(C)C)=C1C(C)C. The lowest BCUT2D eigenvalue weighted by atomic mass is 9.82. The average molecular weight is 577 g/mol. The molecule has 42 heavy (non-hydrogen) atoms. The molecule has 1 aromatic carbocycles. The van der Waals surface area contributed by atoms with Crippen molar-refractivity contribution in [2.75, 3.05) is 33.5 Å². The third kappa shape index (κ3) is 6.54. The molecule has 0 bridgehead atoms. The molecule has 3 aliphatic heterocycles. The Morgan fingerprint density at radius 1 is 1.14 bits per heavy atom. The summed E-state index contributed by atoms with van der Waals surface area (Å²) in [6.07, 6.45) is 4.08. The molecule has 3 heterocycles. The van der Waals surface area contributed by atoms with Gasteiger partial charge in [0, 0.05) is 40.2 Å². The van der Waals surface area contributed by atoms with Crippen molar-refractivity contribution in [1.29, 1.82) is 5.41 Å². The molecule has 0 amide bonds. The molecule has 1 N–H and O–H groups in total. The van der Waals surface area contributed by atoms with Crippen LogP contribution in [-0.2, 0) is 14.9 Å². The van der Waals surface area contributed by atoms with Crippen molar-refractivity contribution in [3.05, 3.63) is 45.5 Å². The van der Waals surface area contributed by atoms with Crippen LogP contribution in [0.4, 0.5) is 0 Å². The third-order valence-electron chi connectivity index (χ3n) is 8.04. The van der Waals surface area contributed by atoms with Gasteiger partial charge in [0.05, 0.1) is 33.5 Å². The fraction of sp³-hybridized carbons (Fsp3) is 0.588. The summed E-state index contributed by atoms with van der Waals surface area (Å²) in [4.78, 5) is 18.8. The second-order valence-corrected chi connectivity index (χ2v) is 13.0. The van der Waals surface area contributed by atoms with E-state index >= 15 is 0 Å². The first kappa shape index (κ1) is 31.7. The molecule has 8 heteroatoms. The van der Waals surface area contributed by atoms with E-state index in [1.807, 2.05) is 19.1 Å². The maximum atomic E-state index is 13.9. The molecule has 0 saturated carbocycles. The molecule has 0 radical (unpaired) electrons. The van der Waals surface area contributed by atoms with Gasteiger partial charge in [0.15, 0.2) is 11.6 Å². The minimum Gasteiger partial charge on any atom is -0.496 e. The smallest absolute Gasteiger partial charge is 0.235 e. The Morgan fingerprint density at radius 3 is 2.38 bits per heavy atom. The van der Waals surface area contributed by atoms with Crippen LogP contribution < -0.4 is 4.74 Å². The van der Waals surface area contributed by atoms with E-state index in [2.05, 4.69) is 54.5 Å². The van der Waals surface area contributed by atoms with E-state index in [-0.39, 0.29) is 41.2 Å². The number of fused-ring (bicyclic) bond motifs is 1. The number of aliphatic imine (C=N–C) groups is 1. The second-order valence-electron chi connectivity index (χ2n) is 13.0. The van der Waals surface area contributed by atoms with Crippen LogP contribution in [0.3, 0.4) is 0 Å².